The van der Waals surface area contributed by atoms with E-state index in [0.29, 0.717) is 18.7 Å². The molecule has 3 rings (SSSR count). The van der Waals surface area contributed by atoms with Crippen molar-refractivity contribution in [3.8, 4) is 0 Å². The van der Waals surface area contributed by atoms with Crippen molar-refractivity contribution in [2.24, 2.45) is 0 Å². The zero-order valence-electron chi connectivity index (χ0n) is 13.1. The highest BCUT2D eigenvalue weighted by Crippen LogP contribution is 2.37. The van der Waals surface area contributed by atoms with Crippen molar-refractivity contribution in [3.63, 3.8) is 0 Å². The molecule has 118 valence electrons. The molecular formula is C19H19NO3. The van der Waals surface area contributed by atoms with Gasteiger partial charge in [0, 0.05) is 12.1 Å². The lowest BCUT2D eigenvalue weighted by molar-refractivity contribution is -0.144. The quantitative estimate of drug-likeness (QED) is 0.796. The molecule has 1 unspecified atom stereocenters. The van der Waals surface area contributed by atoms with Crippen molar-refractivity contribution in [1.29, 1.82) is 0 Å². The smallest absolute Gasteiger partial charge is 0.308 e. The predicted octanol–water partition coefficient (Wildman–Crippen LogP) is 3.34. The highest BCUT2D eigenvalue weighted by atomic mass is 16.5. The van der Waals surface area contributed by atoms with E-state index in [4.69, 9.17) is 4.74 Å². The Labute approximate surface area is 135 Å². The zero-order valence-corrected chi connectivity index (χ0v) is 13.1. The summed E-state index contributed by atoms with van der Waals surface area (Å²) < 4.78 is 5.08. The monoisotopic (exact) mass is 309 g/mol. The number of hydrogen-bond donors (Lipinski definition) is 0. The van der Waals surface area contributed by atoms with Crippen LogP contribution >= 0.6 is 0 Å². The first-order chi connectivity index (χ1) is 11.2. The van der Waals surface area contributed by atoms with Crippen LogP contribution in [0.4, 0.5) is 0 Å². The number of esters is 1. The van der Waals surface area contributed by atoms with Gasteiger partial charge in [-0.15, -0.1) is 0 Å². The summed E-state index contributed by atoms with van der Waals surface area (Å²) in [4.78, 5) is 26.4. The van der Waals surface area contributed by atoms with Crippen molar-refractivity contribution < 1.29 is 14.3 Å². The van der Waals surface area contributed by atoms with Gasteiger partial charge in [0.1, 0.15) is 0 Å². The number of fused-ring (bicyclic) bond motifs is 1. The van der Waals surface area contributed by atoms with Gasteiger partial charge in [0.15, 0.2) is 0 Å². The standard InChI is InChI=1S/C19H19NO3/c1-2-23-18(21)12-17-15-10-6-7-11-16(15)19(22)20(17)13-14-8-4-3-5-9-14/h3-11,17H,2,12-13H2,1H3. The Balaban J connectivity index is 1.90. The fourth-order valence-corrected chi connectivity index (χ4v) is 3.01. The van der Waals surface area contributed by atoms with Crippen LogP contribution in [-0.2, 0) is 16.1 Å². The van der Waals surface area contributed by atoms with Gasteiger partial charge < -0.3 is 9.64 Å². The van der Waals surface area contributed by atoms with E-state index < -0.39 is 0 Å². The molecule has 1 heterocycles. The van der Waals surface area contributed by atoms with E-state index in [-0.39, 0.29) is 24.3 Å². The van der Waals surface area contributed by atoms with Gasteiger partial charge in [0.05, 0.1) is 19.1 Å². The van der Waals surface area contributed by atoms with Crippen LogP contribution in [0.2, 0.25) is 0 Å². The maximum absolute atomic E-state index is 12.7. The van der Waals surface area contributed by atoms with Gasteiger partial charge in [-0.2, -0.15) is 0 Å². The average Bonchev–Trinajstić information content (AvgIpc) is 2.82. The van der Waals surface area contributed by atoms with Gasteiger partial charge in [-0.1, -0.05) is 48.5 Å². The van der Waals surface area contributed by atoms with Crippen molar-refractivity contribution in [2.75, 3.05) is 6.61 Å². The third-order valence-corrected chi connectivity index (χ3v) is 4.05. The molecule has 2 aromatic rings. The Morgan fingerprint density at radius 2 is 1.78 bits per heavy atom. The first-order valence-corrected chi connectivity index (χ1v) is 7.80. The molecule has 4 nitrogen and oxygen atoms in total. The first-order valence-electron chi connectivity index (χ1n) is 7.80. The summed E-state index contributed by atoms with van der Waals surface area (Å²) in [6.45, 7) is 2.62. The molecule has 1 atom stereocenters. The Morgan fingerprint density at radius 1 is 1.09 bits per heavy atom. The lowest BCUT2D eigenvalue weighted by atomic mass is 10.0. The minimum absolute atomic E-state index is 0.0289. The summed E-state index contributed by atoms with van der Waals surface area (Å²) in [5.41, 5.74) is 2.63. The third-order valence-electron chi connectivity index (χ3n) is 4.05. The fourth-order valence-electron chi connectivity index (χ4n) is 3.01. The number of carbonyl (C=O) groups is 2. The molecule has 0 aliphatic carbocycles. The summed E-state index contributed by atoms with van der Waals surface area (Å²) in [5.74, 6) is -0.307. The number of benzene rings is 2. The van der Waals surface area contributed by atoms with E-state index >= 15 is 0 Å². The van der Waals surface area contributed by atoms with Crippen LogP contribution in [0.5, 0.6) is 0 Å². The molecule has 0 aromatic heterocycles. The highest BCUT2D eigenvalue weighted by Gasteiger charge is 2.37. The number of amides is 1. The molecule has 0 saturated carbocycles. The number of carbonyl (C=O) groups excluding carboxylic acids is 2. The molecule has 0 N–H and O–H groups in total. The minimum atomic E-state index is -0.278. The molecule has 0 spiro atoms. The Morgan fingerprint density at radius 3 is 2.52 bits per heavy atom. The molecule has 0 radical (unpaired) electrons. The van der Waals surface area contributed by atoms with Crippen molar-refractivity contribution >= 4 is 11.9 Å². The lowest BCUT2D eigenvalue weighted by Gasteiger charge is -2.25. The summed E-state index contributed by atoms with van der Waals surface area (Å²) in [7, 11) is 0. The SMILES string of the molecule is CCOC(=O)CC1c2ccccc2C(=O)N1Cc1ccccc1. The zero-order chi connectivity index (χ0) is 16.2. The summed E-state index contributed by atoms with van der Waals surface area (Å²) >= 11 is 0. The van der Waals surface area contributed by atoms with E-state index in [1.807, 2.05) is 54.6 Å². The van der Waals surface area contributed by atoms with E-state index in [9.17, 15) is 9.59 Å². The molecular weight excluding hydrogens is 290 g/mol. The van der Waals surface area contributed by atoms with Gasteiger partial charge in [-0.3, -0.25) is 9.59 Å². The fraction of sp³-hybridized carbons (Fsp3) is 0.263. The molecule has 1 aliphatic heterocycles. The average molecular weight is 309 g/mol. The summed E-state index contributed by atoms with van der Waals surface area (Å²) in [6.07, 6.45) is 0.184. The maximum atomic E-state index is 12.7. The first kappa shape index (κ1) is 15.3. The Bertz CT molecular complexity index is 712. The number of nitrogens with zero attached hydrogens (tertiary/aromatic N) is 1. The van der Waals surface area contributed by atoms with Gasteiger partial charge in [0.2, 0.25) is 0 Å². The molecule has 1 aliphatic rings. The highest BCUT2D eigenvalue weighted by molar-refractivity contribution is 5.99. The molecule has 4 heteroatoms. The second-order valence-electron chi connectivity index (χ2n) is 5.53. The molecule has 0 bridgehead atoms. The van der Waals surface area contributed by atoms with Gasteiger partial charge >= 0.3 is 5.97 Å². The molecule has 23 heavy (non-hydrogen) atoms. The molecule has 1 amide bonds. The topological polar surface area (TPSA) is 46.6 Å². The normalized spacial score (nSPS) is 16.3. The van der Waals surface area contributed by atoms with E-state index in [1.54, 1.807) is 11.8 Å². The van der Waals surface area contributed by atoms with Crippen molar-refractivity contribution in [1.82, 2.24) is 4.90 Å². The van der Waals surface area contributed by atoms with Crippen LogP contribution in [0.25, 0.3) is 0 Å². The molecule has 0 fully saturated rings. The van der Waals surface area contributed by atoms with E-state index in [2.05, 4.69) is 0 Å². The van der Waals surface area contributed by atoms with Crippen molar-refractivity contribution in [2.45, 2.75) is 25.9 Å². The van der Waals surface area contributed by atoms with E-state index in [1.165, 1.54) is 0 Å². The van der Waals surface area contributed by atoms with Crippen LogP contribution in [-0.4, -0.2) is 23.4 Å². The second kappa shape index (κ2) is 6.65. The van der Waals surface area contributed by atoms with Gasteiger partial charge in [-0.25, -0.2) is 0 Å². The Hall–Kier alpha value is -2.62. The molecule has 0 saturated heterocycles. The van der Waals surface area contributed by atoms with Crippen molar-refractivity contribution in [3.05, 3.63) is 71.3 Å². The third kappa shape index (κ3) is 3.11. The summed E-state index contributed by atoms with van der Waals surface area (Å²) in [6, 6.07) is 17.0. The van der Waals surface area contributed by atoms with Crippen LogP contribution in [0.1, 0.15) is 40.9 Å². The van der Waals surface area contributed by atoms with Crippen LogP contribution in [0.15, 0.2) is 54.6 Å². The second-order valence-corrected chi connectivity index (χ2v) is 5.53. The Kier molecular flexibility index (Phi) is 4.42. The number of hydrogen-bond acceptors (Lipinski definition) is 3. The summed E-state index contributed by atoms with van der Waals surface area (Å²) in [5, 5.41) is 0. The number of rotatable bonds is 5. The maximum Gasteiger partial charge on any atom is 0.308 e. The van der Waals surface area contributed by atoms with E-state index in [0.717, 1.165) is 11.1 Å². The predicted molar refractivity (Wildman–Crippen MR) is 86.7 cm³/mol. The van der Waals surface area contributed by atoms with Crippen LogP contribution < -0.4 is 0 Å². The van der Waals surface area contributed by atoms with Crippen LogP contribution in [0.3, 0.4) is 0 Å². The number of ether oxygens (including phenoxy) is 1. The minimum Gasteiger partial charge on any atom is -0.466 e. The lowest BCUT2D eigenvalue weighted by Crippen LogP contribution is -2.29. The van der Waals surface area contributed by atoms with Crippen LogP contribution in [0, 0.1) is 0 Å². The van der Waals surface area contributed by atoms with Gasteiger partial charge in [0.25, 0.3) is 5.91 Å². The van der Waals surface area contributed by atoms with Gasteiger partial charge in [-0.05, 0) is 24.1 Å². The largest absolute Gasteiger partial charge is 0.466 e. The molecule has 2 aromatic carbocycles.